The summed E-state index contributed by atoms with van der Waals surface area (Å²) in [4.78, 5) is 12.9. The predicted molar refractivity (Wildman–Crippen MR) is 121 cm³/mol. The number of amides is 1. The number of rotatable bonds is 5. The Kier molecular flexibility index (Phi) is 5.71. The quantitative estimate of drug-likeness (QED) is 0.488. The number of fused-ring (bicyclic) bond motifs is 1. The Balaban J connectivity index is 1.78. The molecule has 0 atom stereocenters. The van der Waals surface area contributed by atoms with E-state index in [-0.39, 0.29) is 11.6 Å². The zero-order valence-electron chi connectivity index (χ0n) is 17.7. The van der Waals surface area contributed by atoms with Gasteiger partial charge in [0, 0.05) is 17.8 Å². The standard InChI is InChI=1S/C23H22ClN5O2/c1-13-5-10-18(14(2)11-13)25-23(30)21-15(3)29-22(27-26-21)20(19(28-29)12-31-4)16-6-8-17(24)9-7-16/h5-11H,12H2,1-4H3,(H,25,30). The monoisotopic (exact) mass is 435 g/mol. The molecular formula is C23H22ClN5O2. The lowest BCUT2D eigenvalue weighted by atomic mass is 10.1. The first-order chi connectivity index (χ1) is 14.9. The summed E-state index contributed by atoms with van der Waals surface area (Å²) in [5.41, 5.74) is 6.59. The number of aromatic nitrogens is 4. The predicted octanol–water partition coefficient (Wildman–Crippen LogP) is 4.77. The molecule has 8 heteroatoms. The molecule has 0 saturated heterocycles. The van der Waals surface area contributed by atoms with Gasteiger partial charge in [-0.25, -0.2) is 4.52 Å². The van der Waals surface area contributed by atoms with Crippen LogP contribution in [0, 0.1) is 20.8 Å². The minimum absolute atomic E-state index is 0.210. The van der Waals surface area contributed by atoms with Crippen molar-refractivity contribution in [1.82, 2.24) is 19.8 Å². The van der Waals surface area contributed by atoms with E-state index in [0.29, 0.717) is 28.7 Å². The molecule has 0 aliphatic carbocycles. The molecule has 0 aliphatic heterocycles. The summed E-state index contributed by atoms with van der Waals surface area (Å²) in [6.07, 6.45) is 0. The van der Waals surface area contributed by atoms with Gasteiger partial charge in [-0.15, -0.1) is 10.2 Å². The number of carbonyl (C=O) groups is 1. The van der Waals surface area contributed by atoms with Crippen molar-refractivity contribution in [3.05, 3.63) is 75.7 Å². The average molecular weight is 436 g/mol. The smallest absolute Gasteiger partial charge is 0.278 e. The molecule has 4 aromatic rings. The van der Waals surface area contributed by atoms with Crippen molar-refractivity contribution < 1.29 is 9.53 Å². The maximum Gasteiger partial charge on any atom is 0.278 e. The molecule has 4 rings (SSSR count). The highest BCUT2D eigenvalue weighted by Crippen LogP contribution is 2.30. The highest BCUT2D eigenvalue weighted by molar-refractivity contribution is 6.30. The van der Waals surface area contributed by atoms with Crippen LogP contribution < -0.4 is 5.32 Å². The summed E-state index contributed by atoms with van der Waals surface area (Å²) >= 11 is 6.04. The van der Waals surface area contributed by atoms with Crippen LogP contribution in [-0.2, 0) is 11.3 Å². The number of benzene rings is 2. The van der Waals surface area contributed by atoms with E-state index in [1.807, 2.05) is 56.3 Å². The molecule has 0 aliphatic rings. The second-order valence-corrected chi connectivity index (χ2v) is 7.84. The third-order valence-corrected chi connectivity index (χ3v) is 5.35. The molecular weight excluding hydrogens is 414 g/mol. The van der Waals surface area contributed by atoms with Crippen LogP contribution in [0.4, 0.5) is 5.69 Å². The molecule has 2 aromatic heterocycles. The van der Waals surface area contributed by atoms with Gasteiger partial charge in [-0.2, -0.15) is 5.10 Å². The zero-order valence-corrected chi connectivity index (χ0v) is 18.5. The van der Waals surface area contributed by atoms with Crippen molar-refractivity contribution in [3.8, 4) is 11.1 Å². The lowest BCUT2D eigenvalue weighted by Gasteiger charge is -2.10. The van der Waals surface area contributed by atoms with E-state index >= 15 is 0 Å². The molecule has 0 spiro atoms. The Labute approximate surface area is 185 Å². The van der Waals surface area contributed by atoms with Crippen LogP contribution in [0.25, 0.3) is 16.8 Å². The van der Waals surface area contributed by atoms with Gasteiger partial charge in [0.25, 0.3) is 5.91 Å². The highest BCUT2D eigenvalue weighted by Gasteiger charge is 2.22. The van der Waals surface area contributed by atoms with E-state index in [0.717, 1.165) is 27.9 Å². The van der Waals surface area contributed by atoms with Gasteiger partial charge in [-0.3, -0.25) is 4.79 Å². The Bertz CT molecular complexity index is 1280. The number of hydrogen-bond acceptors (Lipinski definition) is 5. The first-order valence-electron chi connectivity index (χ1n) is 9.77. The lowest BCUT2D eigenvalue weighted by Crippen LogP contribution is -2.19. The van der Waals surface area contributed by atoms with Crippen molar-refractivity contribution in [2.45, 2.75) is 27.4 Å². The van der Waals surface area contributed by atoms with Gasteiger partial charge in [0.15, 0.2) is 11.3 Å². The number of nitrogens with zero attached hydrogens (tertiary/aromatic N) is 4. The van der Waals surface area contributed by atoms with Crippen LogP contribution in [0.2, 0.25) is 5.02 Å². The number of methoxy groups -OCH3 is 1. The number of nitrogens with one attached hydrogen (secondary N) is 1. The van der Waals surface area contributed by atoms with Gasteiger partial charge in [0.1, 0.15) is 0 Å². The molecule has 7 nitrogen and oxygen atoms in total. The number of ether oxygens (including phenoxy) is 1. The third-order valence-electron chi connectivity index (χ3n) is 5.10. The first-order valence-corrected chi connectivity index (χ1v) is 10.1. The van der Waals surface area contributed by atoms with Gasteiger partial charge in [-0.1, -0.05) is 41.4 Å². The first kappa shape index (κ1) is 21.0. The van der Waals surface area contributed by atoms with Crippen LogP contribution in [0.5, 0.6) is 0 Å². The van der Waals surface area contributed by atoms with Crippen LogP contribution in [0.3, 0.4) is 0 Å². The van der Waals surface area contributed by atoms with Gasteiger partial charge in [0.05, 0.1) is 23.6 Å². The molecule has 0 unspecified atom stereocenters. The number of halogens is 1. The summed E-state index contributed by atoms with van der Waals surface area (Å²) in [5, 5.41) is 16.8. The lowest BCUT2D eigenvalue weighted by molar-refractivity contribution is 0.102. The fourth-order valence-electron chi connectivity index (χ4n) is 3.54. The van der Waals surface area contributed by atoms with E-state index < -0.39 is 0 Å². The summed E-state index contributed by atoms with van der Waals surface area (Å²) in [6.45, 7) is 6.06. The van der Waals surface area contributed by atoms with Crippen LogP contribution in [-0.4, -0.2) is 32.8 Å². The second kappa shape index (κ2) is 8.45. The molecule has 31 heavy (non-hydrogen) atoms. The highest BCUT2D eigenvalue weighted by atomic mass is 35.5. The van der Waals surface area contributed by atoms with Crippen molar-refractivity contribution in [2.24, 2.45) is 0 Å². The Morgan fingerprint density at radius 3 is 2.52 bits per heavy atom. The van der Waals surface area contributed by atoms with Crippen LogP contribution >= 0.6 is 11.6 Å². The second-order valence-electron chi connectivity index (χ2n) is 7.40. The zero-order chi connectivity index (χ0) is 22.1. The molecule has 0 saturated carbocycles. The SMILES string of the molecule is COCc1nn2c(C)c(C(=O)Nc3ccc(C)cc3C)nnc2c1-c1ccc(Cl)cc1. The Morgan fingerprint density at radius 2 is 1.84 bits per heavy atom. The molecule has 158 valence electrons. The van der Waals surface area contributed by atoms with E-state index in [2.05, 4.69) is 20.6 Å². The maximum atomic E-state index is 12.9. The Morgan fingerprint density at radius 1 is 1.10 bits per heavy atom. The molecule has 1 amide bonds. The van der Waals surface area contributed by atoms with E-state index in [9.17, 15) is 4.79 Å². The minimum Gasteiger partial charge on any atom is -0.378 e. The average Bonchev–Trinajstić information content (AvgIpc) is 3.10. The van der Waals surface area contributed by atoms with Gasteiger partial charge < -0.3 is 10.1 Å². The van der Waals surface area contributed by atoms with Crippen molar-refractivity contribution in [3.63, 3.8) is 0 Å². The van der Waals surface area contributed by atoms with E-state index in [1.165, 1.54) is 0 Å². The molecule has 0 fully saturated rings. The summed E-state index contributed by atoms with van der Waals surface area (Å²) < 4.78 is 6.97. The molecule has 0 radical (unpaired) electrons. The van der Waals surface area contributed by atoms with Gasteiger partial charge in [-0.05, 0) is 50.1 Å². The largest absolute Gasteiger partial charge is 0.378 e. The summed E-state index contributed by atoms with van der Waals surface area (Å²) in [5.74, 6) is -0.337. The third kappa shape index (κ3) is 4.02. The summed E-state index contributed by atoms with van der Waals surface area (Å²) in [6, 6.07) is 13.3. The minimum atomic E-state index is -0.337. The van der Waals surface area contributed by atoms with E-state index in [1.54, 1.807) is 18.5 Å². The Hall–Kier alpha value is -3.29. The molecule has 1 N–H and O–H groups in total. The van der Waals surface area contributed by atoms with Crippen molar-refractivity contribution in [2.75, 3.05) is 12.4 Å². The van der Waals surface area contributed by atoms with Crippen molar-refractivity contribution in [1.29, 1.82) is 0 Å². The topological polar surface area (TPSA) is 81.4 Å². The summed E-state index contributed by atoms with van der Waals surface area (Å²) in [7, 11) is 1.61. The maximum absolute atomic E-state index is 12.9. The molecule has 2 aromatic carbocycles. The van der Waals surface area contributed by atoms with E-state index in [4.69, 9.17) is 16.3 Å². The number of anilines is 1. The number of hydrogen-bond donors (Lipinski definition) is 1. The number of aryl methyl sites for hydroxylation is 3. The van der Waals surface area contributed by atoms with Crippen LogP contribution in [0.1, 0.15) is 33.0 Å². The normalized spacial score (nSPS) is 11.1. The number of carbonyl (C=O) groups excluding carboxylic acids is 1. The van der Waals surface area contributed by atoms with Crippen LogP contribution in [0.15, 0.2) is 42.5 Å². The fraction of sp³-hybridized carbons (Fsp3) is 0.217. The molecule has 0 bridgehead atoms. The van der Waals surface area contributed by atoms with Gasteiger partial charge >= 0.3 is 0 Å². The fourth-order valence-corrected chi connectivity index (χ4v) is 3.67. The van der Waals surface area contributed by atoms with Crippen molar-refractivity contribution >= 4 is 28.8 Å². The molecule has 2 heterocycles. The van der Waals surface area contributed by atoms with Gasteiger partial charge in [0.2, 0.25) is 0 Å².